The average Bonchev–Trinajstić information content (AvgIpc) is 3.85. The molecule has 2 aliphatic carbocycles. The normalized spacial score (nSPS) is 16.0. The molecule has 3 N–H and O–H groups in total. The molecule has 1 atom stereocenters. The minimum absolute atomic E-state index is 0.136. The summed E-state index contributed by atoms with van der Waals surface area (Å²) in [4.78, 5) is 31.7. The van der Waals surface area contributed by atoms with Gasteiger partial charge in [-0.1, -0.05) is 6.92 Å². The van der Waals surface area contributed by atoms with Crippen molar-refractivity contribution >= 4 is 17.5 Å². The van der Waals surface area contributed by atoms with Crippen LogP contribution in [-0.4, -0.2) is 56.5 Å². The zero-order valence-corrected chi connectivity index (χ0v) is 22.4. The van der Waals surface area contributed by atoms with Crippen LogP contribution in [0.3, 0.4) is 0 Å². The maximum absolute atomic E-state index is 13.7. The van der Waals surface area contributed by atoms with E-state index >= 15 is 0 Å². The molecule has 3 aromatic rings. The monoisotopic (exact) mass is 519 g/mol. The largest absolute Gasteiger partial charge is 0.385 e. The summed E-state index contributed by atoms with van der Waals surface area (Å²) in [6.45, 7) is 5.18. The highest BCUT2D eigenvalue weighted by Gasteiger charge is 2.48. The summed E-state index contributed by atoms with van der Waals surface area (Å²) in [7, 11) is 1.65. The Morgan fingerprint density at radius 1 is 1.18 bits per heavy atom. The van der Waals surface area contributed by atoms with Crippen molar-refractivity contribution < 1.29 is 14.3 Å². The minimum Gasteiger partial charge on any atom is -0.385 e. The Labute approximate surface area is 222 Å². The van der Waals surface area contributed by atoms with Crippen molar-refractivity contribution in [1.82, 2.24) is 30.3 Å². The van der Waals surface area contributed by atoms with Gasteiger partial charge < -0.3 is 15.4 Å². The number of rotatable bonds is 13. The Morgan fingerprint density at radius 2 is 1.95 bits per heavy atom. The summed E-state index contributed by atoms with van der Waals surface area (Å²) in [5.41, 5.74) is 4.80. The maximum atomic E-state index is 13.7. The van der Waals surface area contributed by atoms with E-state index < -0.39 is 6.04 Å². The first kappa shape index (κ1) is 26.1. The molecule has 3 heterocycles. The van der Waals surface area contributed by atoms with Crippen LogP contribution in [0, 0.1) is 24.7 Å². The first-order chi connectivity index (χ1) is 18.5. The second-order valence-corrected chi connectivity index (χ2v) is 10.4. The van der Waals surface area contributed by atoms with Crippen LogP contribution in [0.1, 0.15) is 60.9 Å². The molecule has 2 amide bonds. The number of ether oxygens (including phenoxy) is 1. The van der Waals surface area contributed by atoms with Gasteiger partial charge in [-0.2, -0.15) is 10.2 Å². The summed E-state index contributed by atoms with van der Waals surface area (Å²) in [5.74, 6) is 0.611. The van der Waals surface area contributed by atoms with Gasteiger partial charge in [0, 0.05) is 37.7 Å². The van der Waals surface area contributed by atoms with Gasteiger partial charge in [0.05, 0.1) is 23.3 Å². The van der Waals surface area contributed by atoms with E-state index in [0.717, 1.165) is 61.2 Å². The van der Waals surface area contributed by atoms with E-state index in [1.165, 1.54) is 0 Å². The number of amides is 2. The first-order valence-electron chi connectivity index (χ1n) is 13.6. The molecule has 5 rings (SSSR count). The molecule has 38 heavy (non-hydrogen) atoms. The van der Waals surface area contributed by atoms with E-state index in [4.69, 9.17) is 4.74 Å². The van der Waals surface area contributed by atoms with Crippen molar-refractivity contribution in [2.24, 2.45) is 17.8 Å². The quantitative estimate of drug-likeness (QED) is 0.295. The number of carbonyl (C=O) groups is 2. The van der Waals surface area contributed by atoms with Crippen molar-refractivity contribution in [1.29, 1.82) is 0 Å². The summed E-state index contributed by atoms with van der Waals surface area (Å²) in [6, 6.07) is 4.84. The lowest BCUT2D eigenvalue weighted by molar-refractivity contribution is -0.119. The standard InChI is InChI=1S/C28H37N7O3/c1-4-21-24(17(2)33-34-21)22-11-10-20(16-29-22)31-28(37)26(25(18-6-7-18)19-8-9-19)32-27(36)23-12-13-30-35(23)14-5-15-38-3/h10-13,16,18-19,25-26H,4-9,14-15H2,1-3H3,(H,31,37)(H,32,36)(H,33,34)/t26-/m0/s1. The highest BCUT2D eigenvalue weighted by atomic mass is 16.5. The number of hydrogen-bond acceptors (Lipinski definition) is 6. The zero-order valence-electron chi connectivity index (χ0n) is 22.4. The van der Waals surface area contributed by atoms with Gasteiger partial charge in [-0.25, -0.2) is 0 Å². The number of aromatic nitrogens is 5. The Bertz CT molecular complexity index is 1250. The lowest BCUT2D eigenvalue weighted by Crippen LogP contribution is -2.50. The van der Waals surface area contributed by atoms with Gasteiger partial charge in [0.25, 0.3) is 5.91 Å². The van der Waals surface area contributed by atoms with Crippen molar-refractivity contribution in [2.75, 3.05) is 19.0 Å². The summed E-state index contributed by atoms with van der Waals surface area (Å²) in [6.07, 6.45) is 9.29. The van der Waals surface area contributed by atoms with Crippen molar-refractivity contribution in [3.63, 3.8) is 0 Å². The molecule has 0 bridgehead atoms. The van der Waals surface area contributed by atoms with Crippen LogP contribution in [0.5, 0.6) is 0 Å². The number of methoxy groups -OCH3 is 1. The second kappa shape index (κ2) is 11.5. The predicted octanol–water partition coefficient (Wildman–Crippen LogP) is 3.75. The third-order valence-corrected chi connectivity index (χ3v) is 7.62. The van der Waals surface area contributed by atoms with E-state index in [0.29, 0.717) is 36.4 Å². The zero-order chi connectivity index (χ0) is 26.6. The molecular formula is C28H37N7O3. The maximum Gasteiger partial charge on any atom is 0.270 e. The molecule has 0 radical (unpaired) electrons. The predicted molar refractivity (Wildman–Crippen MR) is 143 cm³/mol. The molecule has 0 spiro atoms. The van der Waals surface area contributed by atoms with Gasteiger partial charge in [0.1, 0.15) is 11.7 Å². The number of H-pyrrole nitrogens is 1. The fourth-order valence-corrected chi connectivity index (χ4v) is 5.42. The number of aryl methyl sites for hydroxylation is 3. The highest BCUT2D eigenvalue weighted by Crippen LogP contribution is 2.51. The smallest absolute Gasteiger partial charge is 0.270 e. The van der Waals surface area contributed by atoms with E-state index in [1.54, 1.807) is 30.3 Å². The van der Waals surface area contributed by atoms with Gasteiger partial charge in [-0.15, -0.1) is 0 Å². The number of anilines is 1. The SMILES string of the molecule is CCc1[nH]nc(C)c1-c1ccc(NC(=O)[C@@H](NC(=O)c2ccnn2CCCOC)C(C2CC2)C2CC2)cn1. The average molecular weight is 520 g/mol. The Morgan fingerprint density at radius 3 is 2.58 bits per heavy atom. The molecule has 3 aromatic heterocycles. The lowest BCUT2D eigenvalue weighted by atomic mass is 9.88. The Kier molecular flexibility index (Phi) is 7.87. The van der Waals surface area contributed by atoms with E-state index in [2.05, 4.69) is 37.8 Å². The Hall–Kier alpha value is -3.53. The van der Waals surface area contributed by atoms with Crippen molar-refractivity contribution in [3.8, 4) is 11.3 Å². The van der Waals surface area contributed by atoms with Crippen LogP contribution in [0.15, 0.2) is 30.6 Å². The van der Waals surface area contributed by atoms with Gasteiger partial charge >= 0.3 is 0 Å². The molecule has 0 aliphatic heterocycles. The number of hydrogen-bond donors (Lipinski definition) is 3. The lowest BCUT2D eigenvalue weighted by Gasteiger charge is -2.27. The van der Waals surface area contributed by atoms with Crippen LogP contribution in [-0.2, 0) is 22.5 Å². The fourth-order valence-electron chi connectivity index (χ4n) is 5.42. The summed E-state index contributed by atoms with van der Waals surface area (Å²) in [5, 5.41) is 17.8. The molecule has 2 saturated carbocycles. The van der Waals surface area contributed by atoms with Crippen molar-refractivity contribution in [2.45, 2.75) is 65.0 Å². The molecule has 10 heteroatoms. The van der Waals surface area contributed by atoms with Crippen LogP contribution in [0.4, 0.5) is 5.69 Å². The highest BCUT2D eigenvalue weighted by molar-refractivity contribution is 6.00. The third kappa shape index (κ3) is 5.80. The Balaban J connectivity index is 1.33. The molecule has 2 fully saturated rings. The van der Waals surface area contributed by atoms with E-state index in [9.17, 15) is 9.59 Å². The van der Waals surface area contributed by atoms with Crippen LogP contribution in [0.2, 0.25) is 0 Å². The molecule has 0 aromatic carbocycles. The van der Waals surface area contributed by atoms with Gasteiger partial charge in [-0.3, -0.25) is 24.4 Å². The van der Waals surface area contributed by atoms with Crippen LogP contribution in [0.25, 0.3) is 11.3 Å². The number of carbonyl (C=O) groups excluding carboxylic acids is 2. The van der Waals surface area contributed by atoms with E-state index in [1.807, 2.05) is 19.1 Å². The first-order valence-corrected chi connectivity index (χ1v) is 13.6. The minimum atomic E-state index is -0.618. The molecule has 2 aliphatic rings. The summed E-state index contributed by atoms with van der Waals surface area (Å²) >= 11 is 0. The van der Waals surface area contributed by atoms with Gasteiger partial charge in [-0.05, 0) is 81.4 Å². The van der Waals surface area contributed by atoms with Gasteiger partial charge in [0.15, 0.2) is 0 Å². The molecular weight excluding hydrogens is 482 g/mol. The molecule has 202 valence electrons. The van der Waals surface area contributed by atoms with E-state index in [-0.39, 0.29) is 17.7 Å². The van der Waals surface area contributed by atoms with Crippen molar-refractivity contribution in [3.05, 3.63) is 47.7 Å². The third-order valence-electron chi connectivity index (χ3n) is 7.62. The number of pyridine rings is 1. The fraction of sp³-hybridized carbons (Fsp3) is 0.536. The van der Waals surface area contributed by atoms with Crippen LogP contribution < -0.4 is 10.6 Å². The van der Waals surface area contributed by atoms with Crippen LogP contribution >= 0.6 is 0 Å². The number of nitrogens with zero attached hydrogens (tertiary/aromatic N) is 4. The second-order valence-electron chi connectivity index (χ2n) is 10.4. The molecule has 0 saturated heterocycles. The molecule has 0 unspecified atom stereocenters. The number of aromatic amines is 1. The topological polar surface area (TPSA) is 127 Å². The summed E-state index contributed by atoms with van der Waals surface area (Å²) < 4.78 is 6.81. The number of nitrogens with one attached hydrogen (secondary N) is 3. The molecule has 10 nitrogen and oxygen atoms in total. The van der Waals surface area contributed by atoms with Gasteiger partial charge in [0.2, 0.25) is 5.91 Å².